The number of carbonyl (C=O) groups excluding carboxylic acids is 1. The zero-order valence-electron chi connectivity index (χ0n) is 14.7. The number of amides is 1. The molecule has 1 aromatic carbocycles. The summed E-state index contributed by atoms with van der Waals surface area (Å²) >= 11 is 6.29. The molecule has 7 nitrogen and oxygen atoms in total. The maximum Gasteiger partial charge on any atom is 0.227 e. The molecule has 0 spiro atoms. The predicted octanol–water partition coefficient (Wildman–Crippen LogP) is 1.22. The van der Waals surface area contributed by atoms with Crippen molar-refractivity contribution in [1.29, 1.82) is 0 Å². The van der Waals surface area contributed by atoms with Crippen molar-refractivity contribution in [3.05, 3.63) is 46.5 Å². The fourth-order valence-corrected chi connectivity index (χ4v) is 3.54. The van der Waals surface area contributed by atoms with Crippen LogP contribution in [-0.4, -0.2) is 45.0 Å². The number of hydrogen-bond donors (Lipinski definition) is 3. The Bertz CT molecular complexity index is 779. The fourth-order valence-electron chi connectivity index (χ4n) is 3.34. The van der Waals surface area contributed by atoms with E-state index in [0.29, 0.717) is 30.2 Å². The molecule has 0 radical (unpaired) electrons. The molecule has 0 bridgehead atoms. The summed E-state index contributed by atoms with van der Waals surface area (Å²) in [5.74, 6) is 1.24. The number of benzene rings is 1. The second kappa shape index (κ2) is 8.16. The van der Waals surface area contributed by atoms with Gasteiger partial charge in [-0.25, -0.2) is 9.67 Å². The SMILES string of the molecule is CNC(=O)Cc1nc([C@H]2CC[C@@H](O)[C@H](N)C2)n(Cc2ccccc2Cl)n1. The highest BCUT2D eigenvalue weighted by Crippen LogP contribution is 2.32. The first kappa shape index (κ1) is 18.8. The Balaban J connectivity index is 1.90. The lowest BCUT2D eigenvalue weighted by Crippen LogP contribution is -2.40. The van der Waals surface area contributed by atoms with Crippen LogP contribution in [-0.2, 0) is 17.8 Å². The number of hydrogen-bond acceptors (Lipinski definition) is 5. The molecule has 1 saturated carbocycles. The van der Waals surface area contributed by atoms with Crippen molar-refractivity contribution in [1.82, 2.24) is 20.1 Å². The highest BCUT2D eigenvalue weighted by Gasteiger charge is 2.31. The molecule has 4 N–H and O–H groups in total. The molecule has 1 heterocycles. The Labute approximate surface area is 157 Å². The number of carbonyl (C=O) groups is 1. The fraction of sp³-hybridized carbons (Fsp3) is 0.500. The standard InChI is InChI=1S/C18H24ClN5O2/c1-21-17(26)9-16-22-18(11-6-7-15(25)14(20)8-11)24(23-16)10-12-4-2-3-5-13(12)19/h2-5,11,14-15,25H,6-10,20H2,1H3,(H,21,26)/t11-,14+,15+/m0/s1. The minimum Gasteiger partial charge on any atom is -0.392 e. The Kier molecular flexibility index (Phi) is 5.90. The zero-order valence-corrected chi connectivity index (χ0v) is 15.5. The number of aliphatic hydroxyl groups is 1. The van der Waals surface area contributed by atoms with Crippen LogP contribution < -0.4 is 11.1 Å². The number of rotatable bonds is 5. The summed E-state index contributed by atoms with van der Waals surface area (Å²) in [6.07, 6.45) is 1.71. The Hall–Kier alpha value is -1.96. The Morgan fingerprint density at radius 3 is 2.88 bits per heavy atom. The first-order chi connectivity index (χ1) is 12.5. The third-order valence-corrected chi connectivity index (χ3v) is 5.22. The molecular formula is C18H24ClN5O2. The van der Waals surface area contributed by atoms with Gasteiger partial charge in [0.15, 0.2) is 5.82 Å². The van der Waals surface area contributed by atoms with Crippen LogP contribution in [0.5, 0.6) is 0 Å². The summed E-state index contributed by atoms with van der Waals surface area (Å²) in [7, 11) is 1.59. The van der Waals surface area contributed by atoms with Crippen LogP contribution >= 0.6 is 11.6 Å². The predicted molar refractivity (Wildman–Crippen MR) is 98.9 cm³/mol. The van der Waals surface area contributed by atoms with E-state index in [4.69, 9.17) is 17.3 Å². The number of likely N-dealkylation sites (N-methyl/N-ethyl adjacent to an activating group) is 1. The van der Waals surface area contributed by atoms with Gasteiger partial charge >= 0.3 is 0 Å². The number of nitrogens with two attached hydrogens (primary N) is 1. The van der Waals surface area contributed by atoms with E-state index in [9.17, 15) is 9.90 Å². The highest BCUT2D eigenvalue weighted by atomic mass is 35.5. The van der Waals surface area contributed by atoms with E-state index in [1.165, 1.54) is 0 Å². The monoisotopic (exact) mass is 377 g/mol. The molecule has 1 aromatic heterocycles. The second-order valence-electron chi connectivity index (χ2n) is 6.73. The van der Waals surface area contributed by atoms with Crippen molar-refractivity contribution >= 4 is 17.5 Å². The summed E-state index contributed by atoms with van der Waals surface area (Å²) < 4.78 is 1.81. The molecule has 0 aliphatic heterocycles. The summed E-state index contributed by atoms with van der Waals surface area (Å²) in [5.41, 5.74) is 6.99. The normalized spacial score (nSPS) is 23.0. The first-order valence-electron chi connectivity index (χ1n) is 8.79. The third kappa shape index (κ3) is 4.23. The molecule has 1 aliphatic rings. The van der Waals surface area contributed by atoms with E-state index < -0.39 is 6.10 Å². The maximum atomic E-state index is 11.7. The van der Waals surface area contributed by atoms with Gasteiger partial charge in [-0.1, -0.05) is 29.8 Å². The van der Waals surface area contributed by atoms with E-state index in [0.717, 1.165) is 17.8 Å². The van der Waals surface area contributed by atoms with Crippen LogP contribution in [0.25, 0.3) is 0 Å². The summed E-state index contributed by atoms with van der Waals surface area (Å²) in [4.78, 5) is 16.3. The summed E-state index contributed by atoms with van der Waals surface area (Å²) in [5, 5.41) is 17.7. The Morgan fingerprint density at radius 2 is 2.19 bits per heavy atom. The molecule has 140 valence electrons. The van der Waals surface area contributed by atoms with Crippen molar-refractivity contribution in [2.45, 2.75) is 50.3 Å². The molecule has 1 aliphatic carbocycles. The van der Waals surface area contributed by atoms with Gasteiger partial charge in [-0.05, 0) is 30.9 Å². The molecule has 0 saturated heterocycles. The molecule has 1 fully saturated rings. The van der Waals surface area contributed by atoms with E-state index in [1.807, 2.05) is 28.9 Å². The largest absolute Gasteiger partial charge is 0.392 e. The minimum absolute atomic E-state index is 0.0989. The van der Waals surface area contributed by atoms with Crippen LogP contribution in [0.1, 0.15) is 42.4 Å². The molecule has 3 atom stereocenters. The molecule has 3 rings (SSSR count). The van der Waals surface area contributed by atoms with E-state index in [2.05, 4.69) is 15.4 Å². The van der Waals surface area contributed by atoms with Crippen molar-refractivity contribution in [2.75, 3.05) is 7.05 Å². The minimum atomic E-state index is -0.475. The van der Waals surface area contributed by atoms with Crippen molar-refractivity contribution in [3.63, 3.8) is 0 Å². The van der Waals surface area contributed by atoms with E-state index in [1.54, 1.807) is 7.05 Å². The van der Waals surface area contributed by atoms with Gasteiger partial charge in [0.2, 0.25) is 5.91 Å². The Morgan fingerprint density at radius 1 is 1.42 bits per heavy atom. The van der Waals surface area contributed by atoms with Gasteiger partial charge < -0.3 is 16.2 Å². The van der Waals surface area contributed by atoms with Crippen molar-refractivity contribution in [3.8, 4) is 0 Å². The summed E-state index contributed by atoms with van der Waals surface area (Å²) in [6.45, 7) is 0.476. The highest BCUT2D eigenvalue weighted by molar-refractivity contribution is 6.31. The molecule has 8 heteroatoms. The van der Waals surface area contributed by atoms with Gasteiger partial charge in [0.25, 0.3) is 0 Å². The lowest BCUT2D eigenvalue weighted by atomic mass is 9.83. The number of halogens is 1. The quantitative estimate of drug-likeness (QED) is 0.726. The molecule has 26 heavy (non-hydrogen) atoms. The zero-order chi connectivity index (χ0) is 18.7. The van der Waals surface area contributed by atoms with Gasteiger partial charge in [0.1, 0.15) is 5.82 Å². The lowest BCUT2D eigenvalue weighted by Gasteiger charge is -2.30. The van der Waals surface area contributed by atoms with Gasteiger partial charge in [-0.15, -0.1) is 0 Å². The van der Waals surface area contributed by atoms with Gasteiger partial charge in [-0.3, -0.25) is 4.79 Å². The van der Waals surface area contributed by atoms with Crippen LogP contribution in [0.4, 0.5) is 0 Å². The second-order valence-corrected chi connectivity index (χ2v) is 7.13. The average molecular weight is 378 g/mol. The van der Waals surface area contributed by atoms with Crippen LogP contribution in [0.2, 0.25) is 5.02 Å². The smallest absolute Gasteiger partial charge is 0.227 e. The topological polar surface area (TPSA) is 106 Å². The van der Waals surface area contributed by atoms with Gasteiger partial charge in [0.05, 0.1) is 19.1 Å². The van der Waals surface area contributed by atoms with Crippen molar-refractivity contribution in [2.24, 2.45) is 5.73 Å². The lowest BCUT2D eigenvalue weighted by molar-refractivity contribution is -0.120. The maximum absolute atomic E-state index is 11.7. The molecule has 1 amide bonds. The number of aromatic nitrogens is 3. The van der Waals surface area contributed by atoms with Gasteiger partial charge in [0, 0.05) is 24.0 Å². The first-order valence-corrected chi connectivity index (χ1v) is 9.17. The third-order valence-electron chi connectivity index (χ3n) is 4.85. The van der Waals surface area contributed by atoms with E-state index in [-0.39, 0.29) is 24.3 Å². The van der Waals surface area contributed by atoms with Crippen LogP contribution in [0.3, 0.4) is 0 Å². The number of nitrogens with one attached hydrogen (secondary N) is 1. The van der Waals surface area contributed by atoms with Crippen molar-refractivity contribution < 1.29 is 9.90 Å². The van der Waals surface area contributed by atoms with Crippen LogP contribution in [0.15, 0.2) is 24.3 Å². The molecule has 2 aromatic rings. The van der Waals surface area contributed by atoms with Gasteiger partial charge in [-0.2, -0.15) is 5.10 Å². The van der Waals surface area contributed by atoms with Crippen LogP contribution in [0, 0.1) is 0 Å². The average Bonchev–Trinajstić information content (AvgIpc) is 3.01. The number of nitrogens with zero attached hydrogens (tertiary/aromatic N) is 3. The number of aliphatic hydroxyl groups excluding tert-OH is 1. The molecular weight excluding hydrogens is 354 g/mol. The summed E-state index contributed by atoms with van der Waals surface area (Å²) in [6, 6.07) is 7.32. The molecule has 0 unspecified atom stereocenters. The van der Waals surface area contributed by atoms with E-state index >= 15 is 0 Å².